The third-order valence-electron chi connectivity index (χ3n) is 4.13. The zero-order valence-corrected chi connectivity index (χ0v) is 12.7. The van der Waals surface area contributed by atoms with Gasteiger partial charge in [-0.25, -0.2) is 0 Å². The van der Waals surface area contributed by atoms with Crippen LogP contribution in [0.1, 0.15) is 26.2 Å². The fourth-order valence-corrected chi connectivity index (χ4v) is 3.14. The van der Waals surface area contributed by atoms with Crippen LogP contribution < -0.4 is 11.1 Å². The Balaban J connectivity index is 2.32. The summed E-state index contributed by atoms with van der Waals surface area (Å²) in [5.74, 6) is -1.27. The molecule has 8 heteroatoms. The van der Waals surface area contributed by atoms with Crippen molar-refractivity contribution in [1.82, 2.24) is 10.2 Å². The van der Waals surface area contributed by atoms with E-state index in [1.165, 1.54) is 4.90 Å². The van der Waals surface area contributed by atoms with Crippen molar-refractivity contribution in [1.29, 1.82) is 0 Å². The second kappa shape index (κ2) is 6.07. The van der Waals surface area contributed by atoms with E-state index in [9.17, 15) is 14.4 Å². The Labute approximate surface area is 128 Å². The number of rotatable bonds is 3. The van der Waals surface area contributed by atoms with Crippen LogP contribution in [0.5, 0.6) is 0 Å². The number of nitrogens with two attached hydrogens (primary N) is 1. The van der Waals surface area contributed by atoms with Gasteiger partial charge in [-0.3, -0.25) is 19.7 Å². The number of nitrogens with one attached hydrogen (secondary N) is 1. The van der Waals surface area contributed by atoms with Gasteiger partial charge in [0.05, 0.1) is 4.99 Å². The highest BCUT2D eigenvalue weighted by molar-refractivity contribution is 7.80. The third-order valence-corrected chi connectivity index (χ3v) is 4.52. The topological polar surface area (TPSA) is 102 Å². The molecule has 2 rings (SSSR count). The average molecular weight is 313 g/mol. The monoisotopic (exact) mass is 313 g/mol. The first-order valence-corrected chi connectivity index (χ1v) is 7.35. The molecule has 2 fully saturated rings. The molecule has 2 heterocycles. The summed E-state index contributed by atoms with van der Waals surface area (Å²) in [6.45, 7) is 2.41. The highest BCUT2D eigenvalue weighted by Crippen LogP contribution is 2.34. The minimum absolute atomic E-state index is 0.101. The molecule has 1 unspecified atom stereocenters. The molecule has 116 valence electrons. The Morgan fingerprint density at radius 1 is 1.48 bits per heavy atom. The molecule has 21 heavy (non-hydrogen) atoms. The van der Waals surface area contributed by atoms with Crippen LogP contribution in [0.2, 0.25) is 0 Å². The summed E-state index contributed by atoms with van der Waals surface area (Å²) in [4.78, 5) is 37.8. The molecule has 0 aromatic carbocycles. The van der Waals surface area contributed by atoms with Crippen molar-refractivity contribution in [2.45, 2.75) is 32.2 Å². The number of carbonyl (C=O) groups excluding carboxylic acids is 3. The molecule has 0 aromatic rings. The van der Waals surface area contributed by atoms with Crippen molar-refractivity contribution in [2.75, 3.05) is 19.8 Å². The van der Waals surface area contributed by atoms with Gasteiger partial charge in [0.15, 0.2) is 0 Å². The van der Waals surface area contributed by atoms with Gasteiger partial charge in [-0.15, -0.1) is 0 Å². The van der Waals surface area contributed by atoms with Crippen LogP contribution in [-0.2, 0) is 19.1 Å². The molecule has 2 saturated heterocycles. The van der Waals surface area contributed by atoms with Crippen molar-refractivity contribution in [3.8, 4) is 0 Å². The molecule has 0 bridgehead atoms. The Morgan fingerprint density at radius 2 is 2.10 bits per heavy atom. The largest absolute Gasteiger partial charge is 0.392 e. The maximum atomic E-state index is 12.9. The Bertz CT molecular complexity index is 488. The summed E-state index contributed by atoms with van der Waals surface area (Å²) in [7, 11) is 0. The number of hydrogen-bond donors (Lipinski definition) is 2. The number of imide groups is 1. The minimum Gasteiger partial charge on any atom is -0.392 e. The summed E-state index contributed by atoms with van der Waals surface area (Å²) in [6, 6.07) is -0.663. The van der Waals surface area contributed by atoms with Gasteiger partial charge in [-0.1, -0.05) is 19.1 Å². The SMILES string of the molecule is CCC1C(=O)NC(=O)CN1C(=O)C1(C(N)=S)CCOCC1. The molecule has 0 spiro atoms. The third kappa shape index (κ3) is 2.77. The molecule has 2 aliphatic heterocycles. The molecular formula is C13H19N3O4S. The first-order valence-electron chi connectivity index (χ1n) is 6.95. The molecule has 3 amide bonds. The van der Waals surface area contributed by atoms with Crippen molar-refractivity contribution < 1.29 is 19.1 Å². The second-order valence-corrected chi connectivity index (χ2v) is 5.77. The Kier molecular flexibility index (Phi) is 4.58. The van der Waals surface area contributed by atoms with Gasteiger partial charge < -0.3 is 15.4 Å². The number of carbonyl (C=O) groups is 3. The number of hydrogen-bond acceptors (Lipinski definition) is 5. The highest BCUT2D eigenvalue weighted by Gasteiger charge is 2.49. The van der Waals surface area contributed by atoms with Crippen LogP contribution in [0, 0.1) is 5.41 Å². The number of piperazine rings is 1. The summed E-state index contributed by atoms with van der Waals surface area (Å²) >= 11 is 5.10. The van der Waals surface area contributed by atoms with Crippen LogP contribution in [0.4, 0.5) is 0 Å². The standard InChI is InChI=1S/C13H19N3O4S/c1-2-8-10(18)15-9(17)7-16(8)12(19)13(11(14)21)3-5-20-6-4-13/h8H,2-7H2,1H3,(H2,14,21)(H,15,17,18). The lowest BCUT2D eigenvalue weighted by molar-refractivity contribution is -0.156. The van der Waals surface area contributed by atoms with Crippen molar-refractivity contribution in [2.24, 2.45) is 11.1 Å². The summed E-state index contributed by atoms with van der Waals surface area (Å²) in [5, 5.41) is 2.25. The zero-order chi connectivity index (χ0) is 15.6. The fraction of sp³-hybridized carbons (Fsp3) is 0.692. The Hall–Kier alpha value is -1.54. The van der Waals surface area contributed by atoms with E-state index in [4.69, 9.17) is 22.7 Å². The number of thiocarbonyl (C=S) groups is 1. The first-order chi connectivity index (χ1) is 9.92. The van der Waals surface area contributed by atoms with Crippen LogP contribution in [0.15, 0.2) is 0 Å². The number of amides is 3. The summed E-state index contributed by atoms with van der Waals surface area (Å²) in [5.41, 5.74) is 4.79. The minimum atomic E-state index is -1.01. The lowest BCUT2D eigenvalue weighted by atomic mass is 9.78. The molecule has 0 aromatic heterocycles. The van der Waals surface area contributed by atoms with E-state index in [0.29, 0.717) is 32.5 Å². The van der Waals surface area contributed by atoms with Gasteiger partial charge in [0.2, 0.25) is 17.7 Å². The lowest BCUT2D eigenvalue weighted by Gasteiger charge is -2.42. The van der Waals surface area contributed by atoms with E-state index >= 15 is 0 Å². The molecule has 1 atom stereocenters. The molecule has 0 aliphatic carbocycles. The van der Waals surface area contributed by atoms with E-state index in [1.54, 1.807) is 6.92 Å². The lowest BCUT2D eigenvalue weighted by Crippen LogP contribution is -2.64. The number of ether oxygens (including phenoxy) is 1. The van der Waals surface area contributed by atoms with Gasteiger partial charge >= 0.3 is 0 Å². The van der Waals surface area contributed by atoms with Crippen LogP contribution in [0.3, 0.4) is 0 Å². The predicted molar refractivity (Wildman–Crippen MR) is 78.2 cm³/mol. The first kappa shape index (κ1) is 15.8. The normalized spacial score (nSPS) is 25.4. The van der Waals surface area contributed by atoms with Crippen molar-refractivity contribution in [3.63, 3.8) is 0 Å². The Morgan fingerprint density at radius 3 is 2.62 bits per heavy atom. The summed E-state index contributed by atoms with van der Waals surface area (Å²) in [6.07, 6.45) is 1.18. The van der Waals surface area contributed by atoms with Crippen molar-refractivity contribution >= 4 is 34.9 Å². The van der Waals surface area contributed by atoms with E-state index < -0.39 is 23.3 Å². The van der Waals surface area contributed by atoms with E-state index in [1.807, 2.05) is 0 Å². The smallest absolute Gasteiger partial charge is 0.249 e. The van der Waals surface area contributed by atoms with Crippen molar-refractivity contribution in [3.05, 3.63) is 0 Å². The van der Waals surface area contributed by atoms with E-state index in [2.05, 4.69) is 5.32 Å². The highest BCUT2D eigenvalue weighted by atomic mass is 32.1. The van der Waals surface area contributed by atoms with Gasteiger partial charge in [-0.2, -0.15) is 0 Å². The maximum absolute atomic E-state index is 12.9. The molecule has 7 nitrogen and oxygen atoms in total. The zero-order valence-electron chi connectivity index (χ0n) is 11.9. The van der Waals surface area contributed by atoms with Crippen LogP contribution in [-0.4, -0.2) is 53.4 Å². The predicted octanol–water partition coefficient (Wildman–Crippen LogP) is -0.667. The van der Waals surface area contributed by atoms with Gasteiger partial charge in [0.25, 0.3) is 0 Å². The van der Waals surface area contributed by atoms with E-state index in [0.717, 1.165) is 0 Å². The van der Waals surface area contributed by atoms with Gasteiger partial charge in [0, 0.05) is 13.2 Å². The average Bonchev–Trinajstić information content (AvgIpc) is 2.46. The maximum Gasteiger partial charge on any atom is 0.249 e. The molecular weight excluding hydrogens is 294 g/mol. The molecule has 0 radical (unpaired) electrons. The van der Waals surface area contributed by atoms with Gasteiger partial charge in [-0.05, 0) is 19.3 Å². The van der Waals surface area contributed by atoms with E-state index in [-0.39, 0.29) is 17.4 Å². The fourth-order valence-electron chi connectivity index (χ4n) is 2.85. The molecule has 0 saturated carbocycles. The quantitative estimate of drug-likeness (QED) is 0.529. The number of nitrogens with zero attached hydrogens (tertiary/aromatic N) is 1. The van der Waals surface area contributed by atoms with Crippen LogP contribution in [0.25, 0.3) is 0 Å². The van der Waals surface area contributed by atoms with Gasteiger partial charge in [0.1, 0.15) is 18.0 Å². The second-order valence-electron chi connectivity index (χ2n) is 5.33. The molecule has 3 N–H and O–H groups in total. The molecule has 2 aliphatic rings. The summed E-state index contributed by atoms with van der Waals surface area (Å²) < 4.78 is 5.28. The van der Waals surface area contributed by atoms with Crippen LogP contribution >= 0.6 is 12.2 Å².